The Morgan fingerprint density at radius 3 is 2.76 bits per heavy atom. The second-order valence-electron chi connectivity index (χ2n) is 5.03. The molecule has 25 heavy (non-hydrogen) atoms. The number of carbonyl (C=O) groups is 1. The molecule has 1 aromatic carbocycles. The van der Waals surface area contributed by atoms with Crippen LogP contribution < -0.4 is 0 Å². The van der Waals surface area contributed by atoms with Gasteiger partial charge in [-0.1, -0.05) is 52.5 Å². The molecule has 0 N–H and O–H groups in total. The molecule has 0 bridgehead atoms. The Labute approximate surface area is 157 Å². The first-order chi connectivity index (χ1) is 12.0. The topological polar surface area (TPSA) is 78.1 Å². The van der Waals surface area contributed by atoms with Crippen molar-refractivity contribution in [3.05, 3.63) is 62.7 Å². The van der Waals surface area contributed by atoms with Crippen molar-refractivity contribution < 1.29 is 13.9 Å². The molecule has 0 saturated heterocycles. The summed E-state index contributed by atoms with van der Waals surface area (Å²) in [6.07, 6.45) is 1.22. The summed E-state index contributed by atoms with van der Waals surface area (Å²) in [5.41, 5.74) is 1.69. The number of benzene rings is 1. The zero-order valence-electron chi connectivity index (χ0n) is 12.8. The van der Waals surface area contributed by atoms with E-state index in [2.05, 4.69) is 15.2 Å². The van der Waals surface area contributed by atoms with Gasteiger partial charge in [-0.2, -0.15) is 0 Å². The first kappa shape index (κ1) is 17.7. The van der Waals surface area contributed by atoms with Crippen molar-refractivity contribution in [1.29, 1.82) is 0 Å². The molecule has 0 radical (unpaired) electrons. The van der Waals surface area contributed by atoms with Crippen molar-refractivity contribution >= 4 is 40.8 Å². The average Bonchev–Trinajstić information content (AvgIpc) is 3.07. The van der Waals surface area contributed by atoms with Crippen LogP contribution in [0.25, 0.3) is 11.5 Å². The van der Waals surface area contributed by atoms with Gasteiger partial charge in [0.05, 0.1) is 15.1 Å². The number of esters is 1. The van der Waals surface area contributed by atoms with Gasteiger partial charge in [0.25, 0.3) is 5.89 Å². The summed E-state index contributed by atoms with van der Waals surface area (Å²) in [4.78, 5) is 15.9. The molecule has 9 heteroatoms. The van der Waals surface area contributed by atoms with Crippen LogP contribution >= 0.6 is 34.8 Å². The van der Waals surface area contributed by atoms with Crippen LogP contribution in [0.1, 0.15) is 21.9 Å². The van der Waals surface area contributed by atoms with Gasteiger partial charge in [0, 0.05) is 11.8 Å². The van der Waals surface area contributed by atoms with Gasteiger partial charge in [-0.25, -0.2) is 9.78 Å². The molecule has 0 aliphatic carbocycles. The Kier molecular flexibility index (Phi) is 5.22. The first-order valence-corrected chi connectivity index (χ1v) is 8.15. The second-order valence-corrected chi connectivity index (χ2v) is 6.19. The van der Waals surface area contributed by atoms with Gasteiger partial charge >= 0.3 is 5.97 Å². The van der Waals surface area contributed by atoms with E-state index in [0.29, 0.717) is 5.89 Å². The third-order valence-electron chi connectivity index (χ3n) is 3.17. The first-order valence-electron chi connectivity index (χ1n) is 7.01. The van der Waals surface area contributed by atoms with Crippen LogP contribution in [0.15, 0.2) is 34.9 Å². The third kappa shape index (κ3) is 3.92. The summed E-state index contributed by atoms with van der Waals surface area (Å²) in [6, 6.07) is 7.58. The molecule has 6 nitrogen and oxygen atoms in total. The normalized spacial score (nSPS) is 10.7. The van der Waals surface area contributed by atoms with E-state index in [1.165, 1.54) is 6.20 Å². The fourth-order valence-electron chi connectivity index (χ4n) is 1.99. The molecule has 0 unspecified atom stereocenters. The molecule has 2 aromatic heterocycles. The van der Waals surface area contributed by atoms with Gasteiger partial charge in [-0.15, -0.1) is 10.2 Å². The van der Waals surface area contributed by atoms with Crippen LogP contribution in [0.4, 0.5) is 0 Å². The molecule has 0 amide bonds. The predicted octanol–water partition coefficient (Wildman–Crippen LogP) is 4.76. The summed E-state index contributed by atoms with van der Waals surface area (Å²) >= 11 is 17.6. The molecular weight excluding hydrogens is 389 g/mol. The van der Waals surface area contributed by atoms with Gasteiger partial charge in [0.2, 0.25) is 5.89 Å². The number of nitrogens with zero attached hydrogens (tertiary/aromatic N) is 3. The number of carbonyl (C=O) groups excluding carboxylic acids is 1. The number of ether oxygens (including phenoxy) is 1. The Morgan fingerprint density at radius 1 is 1.20 bits per heavy atom. The molecule has 0 aliphatic rings. The number of aryl methyl sites for hydroxylation is 1. The van der Waals surface area contributed by atoms with Crippen molar-refractivity contribution in [3.8, 4) is 11.5 Å². The molecule has 0 atom stereocenters. The maximum absolute atomic E-state index is 12.1. The lowest BCUT2D eigenvalue weighted by Gasteiger charge is -2.05. The Balaban J connectivity index is 1.70. The SMILES string of the molecule is Cc1cccc(-c2nnc(COC(=O)c3ncc(Cl)c(Cl)c3Cl)o2)c1. The maximum atomic E-state index is 12.1. The van der Waals surface area contributed by atoms with Crippen LogP contribution in [0.2, 0.25) is 15.1 Å². The summed E-state index contributed by atoms with van der Waals surface area (Å²) in [5, 5.41) is 7.88. The molecule has 0 fully saturated rings. The number of aromatic nitrogens is 3. The Morgan fingerprint density at radius 2 is 2.00 bits per heavy atom. The van der Waals surface area contributed by atoms with Crippen LogP contribution in [-0.2, 0) is 11.3 Å². The number of halogens is 3. The monoisotopic (exact) mass is 397 g/mol. The predicted molar refractivity (Wildman–Crippen MR) is 92.9 cm³/mol. The minimum atomic E-state index is -0.779. The van der Waals surface area contributed by atoms with E-state index in [9.17, 15) is 4.79 Å². The zero-order chi connectivity index (χ0) is 18.0. The molecule has 0 spiro atoms. The van der Waals surface area contributed by atoms with Crippen molar-refractivity contribution in [2.45, 2.75) is 13.5 Å². The van der Waals surface area contributed by atoms with Gasteiger partial charge in [-0.05, 0) is 19.1 Å². The van der Waals surface area contributed by atoms with Gasteiger partial charge in [-0.3, -0.25) is 0 Å². The summed E-state index contributed by atoms with van der Waals surface area (Å²) in [5.74, 6) is -0.305. The molecule has 3 rings (SSSR count). The van der Waals surface area contributed by atoms with E-state index < -0.39 is 5.97 Å². The highest BCUT2D eigenvalue weighted by atomic mass is 35.5. The summed E-state index contributed by atoms with van der Waals surface area (Å²) in [7, 11) is 0. The summed E-state index contributed by atoms with van der Waals surface area (Å²) < 4.78 is 10.6. The molecule has 3 aromatic rings. The zero-order valence-corrected chi connectivity index (χ0v) is 15.1. The molecule has 0 aliphatic heterocycles. The van der Waals surface area contributed by atoms with Crippen LogP contribution in [-0.4, -0.2) is 21.2 Å². The van der Waals surface area contributed by atoms with Crippen LogP contribution in [0.3, 0.4) is 0 Å². The minimum Gasteiger partial charge on any atom is -0.451 e. The van der Waals surface area contributed by atoms with E-state index >= 15 is 0 Å². The summed E-state index contributed by atoms with van der Waals surface area (Å²) in [6.45, 7) is 1.73. The highest BCUT2D eigenvalue weighted by molar-refractivity contribution is 6.48. The number of hydrogen-bond donors (Lipinski definition) is 0. The smallest absolute Gasteiger partial charge is 0.359 e. The lowest BCUT2D eigenvalue weighted by molar-refractivity contribution is 0.0432. The van der Waals surface area contributed by atoms with Crippen LogP contribution in [0.5, 0.6) is 0 Å². The van der Waals surface area contributed by atoms with E-state index in [0.717, 1.165) is 11.1 Å². The number of pyridine rings is 1. The lowest BCUT2D eigenvalue weighted by atomic mass is 10.1. The maximum Gasteiger partial charge on any atom is 0.359 e. The van der Waals surface area contributed by atoms with Crippen molar-refractivity contribution in [2.75, 3.05) is 0 Å². The molecule has 2 heterocycles. The quantitative estimate of drug-likeness (QED) is 0.590. The highest BCUT2D eigenvalue weighted by Crippen LogP contribution is 2.31. The minimum absolute atomic E-state index is 0.0322. The van der Waals surface area contributed by atoms with E-state index in [-0.39, 0.29) is 33.3 Å². The largest absolute Gasteiger partial charge is 0.451 e. The van der Waals surface area contributed by atoms with Crippen molar-refractivity contribution in [1.82, 2.24) is 15.2 Å². The molecular formula is C16H10Cl3N3O3. The fourth-order valence-corrected chi connectivity index (χ4v) is 2.55. The Hall–Kier alpha value is -2.15. The lowest BCUT2D eigenvalue weighted by Crippen LogP contribution is -2.08. The third-order valence-corrected chi connectivity index (χ3v) is 4.41. The number of rotatable bonds is 4. The Bertz CT molecular complexity index is 943. The highest BCUT2D eigenvalue weighted by Gasteiger charge is 2.19. The fraction of sp³-hybridized carbons (Fsp3) is 0.125. The average molecular weight is 399 g/mol. The van der Waals surface area contributed by atoms with E-state index in [1.54, 1.807) is 0 Å². The van der Waals surface area contributed by atoms with Crippen molar-refractivity contribution in [3.63, 3.8) is 0 Å². The van der Waals surface area contributed by atoms with Crippen LogP contribution in [0, 0.1) is 6.92 Å². The second kappa shape index (κ2) is 7.39. The molecule has 0 saturated carbocycles. The van der Waals surface area contributed by atoms with Crippen molar-refractivity contribution in [2.24, 2.45) is 0 Å². The standard InChI is InChI=1S/C16H10Cl3N3O3/c1-8-3-2-4-9(5-8)15-22-21-11(25-15)7-24-16(23)14-13(19)12(18)10(17)6-20-14/h2-6H,7H2,1H3. The van der Waals surface area contributed by atoms with Gasteiger partial charge < -0.3 is 9.15 Å². The van der Waals surface area contributed by atoms with Gasteiger partial charge in [0.1, 0.15) is 0 Å². The molecule has 128 valence electrons. The van der Waals surface area contributed by atoms with E-state index in [4.69, 9.17) is 44.0 Å². The van der Waals surface area contributed by atoms with E-state index in [1.807, 2.05) is 31.2 Å². The number of hydrogen-bond acceptors (Lipinski definition) is 6. The van der Waals surface area contributed by atoms with Gasteiger partial charge in [0.15, 0.2) is 12.3 Å².